The molecule has 41 heavy (non-hydrogen) atoms. The number of aliphatic imine (C=N–C) groups is 1. The van der Waals surface area contributed by atoms with Gasteiger partial charge < -0.3 is 15.4 Å². The summed E-state index contributed by atoms with van der Waals surface area (Å²) in [5, 5.41) is 0. The molecule has 4 rings (SSSR count). The first kappa shape index (κ1) is 29.8. The predicted molar refractivity (Wildman–Crippen MR) is 153 cm³/mol. The van der Waals surface area contributed by atoms with Crippen molar-refractivity contribution in [2.45, 2.75) is 52.1 Å². The van der Waals surface area contributed by atoms with Crippen molar-refractivity contribution in [1.82, 2.24) is 14.9 Å². The molecule has 1 aromatic heterocycles. The molecule has 216 valence electrons. The van der Waals surface area contributed by atoms with E-state index in [-0.39, 0.29) is 46.1 Å². The zero-order valence-electron chi connectivity index (χ0n) is 23.9. The molecule has 8 nitrogen and oxygen atoms in total. The van der Waals surface area contributed by atoms with Crippen molar-refractivity contribution < 1.29 is 23.1 Å². The van der Waals surface area contributed by atoms with Crippen LogP contribution >= 0.6 is 0 Å². The Balaban J connectivity index is 1.65. The van der Waals surface area contributed by atoms with E-state index in [4.69, 9.17) is 10.5 Å². The van der Waals surface area contributed by atoms with Crippen LogP contribution in [0.3, 0.4) is 0 Å². The predicted octanol–water partition coefficient (Wildman–Crippen LogP) is 5.79. The molecule has 1 aliphatic rings. The maximum Gasteiger partial charge on any atom is 0.410 e. The number of hydrogen-bond acceptors (Lipinski definition) is 7. The number of nitrogens with two attached hydrogens (primary N) is 1. The molecular weight excluding hydrogens is 528 g/mol. The molecule has 2 unspecified atom stereocenters. The summed E-state index contributed by atoms with van der Waals surface area (Å²) in [5.74, 6) is -1.46. The van der Waals surface area contributed by atoms with Crippen LogP contribution in [-0.2, 0) is 4.74 Å². The smallest absolute Gasteiger partial charge is 0.410 e. The number of carbonyl (C=O) groups is 2. The highest BCUT2D eigenvalue weighted by atomic mass is 19.1. The molecular formula is C31H35F2N5O3. The number of amides is 1. The Morgan fingerprint density at radius 3 is 2.41 bits per heavy atom. The van der Waals surface area contributed by atoms with E-state index in [1.54, 1.807) is 4.90 Å². The fourth-order valence-electron chi connectivity index (χ4n) is 5.28. The fourth-order valence-corrected chi connectivity index (χ4v) is 5.28. The van der Waals surface area contributed by atoms with Gasteiger partial charge in [-0.25, -0.2) is 23.5 Å². The molecule has 2 aromatic carbocycles. The first-order valence-corrected chi connectivity index (χ1v) is 13.6. The lowest BCUT2D eigenvalue weighted by atomic mass is 9.83. The molecule has 2 N–H and O–H groups in total. The minimum absolute atomic E-state index is 0.0687. The number of anilines is 1. The second-order valence-electron chi connectivity index (χ2n) is 11.1. The summed E-state index contributed by atoms with van der Waals surface area (Å²) in [7, 11) is 1.53. The van der Waals surface area contributed by atoms with Gasteiger partial charge in [0.2, 0.25) is 0 Å². The Bertz CT molecular complexity index is 1470. The second-order valence-corrected chi connectivity index (χ2v) is 11.1. The largest absolute Gasteiger partial charge is 0.444 e. The van der Waals surface area contributed by atoms with E-state index in [9.17, 15) is 14.0 Å². The van der Waals surface area contributed by atoms with Gasteiger partial charge in [-0.3, -0.25) is 9.79 Å². The zero-order chi connectivity index (χ0) is 29.9. The van der Waals surface area contributed by atoms with Crippen LogP contribution in [0.25, 0.3) is 0 Å². The Hall–Kier alpha value is -4.21. The summed E-state index contributed by atoms with van der Waals surface area (Å²) in [4.78, 5) is 40.4. The summed E-state index contributed by atoms with van der Waals surface area (Å²) >= 11 is 0. The van der Waals surface area contributed by atoms with E-state index in [1.165, 1.54) is 49.8 Å². The first-order valence-electron chi connectivity index (χ1n) is 13.6. The van der Waals surface area contributed by atoms with Crippen LogP contribution in [0.15, 0.2) is 53.8 Å². The maximum absolute atomic E-state index is 15.6. The average molecular weight is 564 g/mol. The molecule has 2 heterocycles. The summed E-state index contributed by atoms with van der Waals surface area (Å²) < 4.78 is 34.5. The third-order valence-corrected chi connectivity index (χ3v) is 7.20. The number of likely N-dealkylation sites (tertiary alicyclic amines) is 1. The highest BCUT2D eigenvalue weighted by Gasteiger charge is 2.36. The van der Waals surface area contributed by atoms with Crippen LogP contribution in [0.2, 0.25) is 0 Å². The Labute approximate surface area is 238 Å². The molecule has 0 aliphatic carbocycles. The monoisotopic (exact) mass is 563 g/mol. The van der Waals surface area contributed by atoms with E-state index in [0.717, 1.165) is 12.5 Å². The molecule has 0 radical (unpaired) electrons. The van der Waals surface area contributed by atoms with Gasteiger partial charge in [-0.15, -0.1) is 0 Å². The number of nitrogen functional groups attached to an aromatic ring is 1. The lowest BCUT2D eigenvalue weighted by Crippen LogP contribution is -2.35. The van der Waals surface area contributed by atoms with Gasteiger partial charge in [-0.05, 0) is 75.9 Å². The molecule has 1 saturated heterocycles. The Morgan fingerprint density at radius 2 is 1.80 bits per heavy atom. The summed E-state index contributed by atoms with van der Waals surface area (Å²) in [5.41, 5.74) is 7.59. The van der Waals surface area contributed by atoms with Crippen molar-refractivity contribution in [3.8, 4) is 0 Å². The summed E-state index contributed by atoms with van der Waals surface area (Å²) in [6.07, 6.45) is 2.46. The van der Waals surface area contributed by atoms with Crippen molar-refractivity contribution in [2.24, 2.45) is 10.9 Å². The number of hydrogen-bond donors (Lipinski definition) is 1. The third kappa shape index (κ3) is 6.58. The van der Waals surface area contributed by atoms with Crippen LogP contribution in [0.1, 0.15) is 79.2 Å². The van der Waals surface area contributed by atoms with Crippen molar-refractivity contribution in [2.75, 3.05) is 25.9 Å². The molecule has 0 bridgehead atoms. The molecule has 1 amide bonds. The number of aromatic nitrogens is 2. The van der Waals surface area contributed by atoms with Crippen LogP contribution < -0.4 is 5.73 Å². The van der Waals surface area contributed by atoms with Crippen molar-refractivity contribution >= 4 is 23.4 Å². The van der Waals surface area contributed by atoms with Crippen molar-refractivity contribution in [1.29, 1.82) is 0 Å². The Morgan fingerprint density at radius 1 is 1.12 bits per heavy atom. The van der Waals surface area contributed by atoms with E-state index in [0.29, 0.717) is 30.8 Å². The van der Waals surface area contributed by atoms with Crippen LogP contribution in [-0.4, -0.2) is 58.2 Å². The molecule has 0 saturated carbocycles. The number of rotatable bonds is 7. The second kappa shape index (κ2) is 12.1. The average Bonchev–Trinajstić information content (AvgIpc) is 3.41. The zero-order valence-corrected chi connectivity index (χ0v) is 23.9. The number of nitrogens with zero attached hydrogens (tertiary/aromatic N) is 4. The van der Waals surface area contributed by atoms with E-state index in [1.807, 2.05) is 27.7 Å². The van der Waals surface area contributed by atoms with Crippen LogP contribution in [0.4, 0.5) is 19.4 Å². The minimum Gasteiger partial charge on any atom is -0.444 e. The van der Waals surface area contributed by atoms with E-state index in [2.05, 4.69) is 15.0 Å². The standard InChI is InChI=1S/C31H35F2N5O3/c1-6-22(20-13-14-38(16-20)30(40)41-31(2,3)4)27-25(29(34)37-17-36-27)26(35-5)23-12-9-19(15-24(23)33)28(39)18-7-10-21(32)11-8-18/h7-12,15,17,20,22H,6,13-14,16H2,1-5H3,(H2,34,36,37). The summed E-state index contributed by atoms with van der Waals surface area (Å²) in [6, 6.07) is 9.19. The van der Waals surface area contributed by atoms with Gasteiger partial charge in [0.15, 0.2) is 5.78 Å². The van der Waals surface area contributed by atoms with Gasteiger partial charge in [0.25, 0.3) is 0 Å². The lowest BCUT2D eigenvalue weighted by molar-refractivity contribution is 0.0286. The van der Waals surface area contributed by atoms with Gasteiger partial charge in [0.1, 0.15) is 29.4 Å². The third-order valence-electron chi connectivity index (χ3n) is 7.20. The number of ether oxygens (including phenoxy) is 1. The molecule has 10 heteroatoms. The van der Waals surface area contributed by atoms with Crippen LogP contribution in [0, 0.1) is 17.6 Å². The van der Waals surface area contributed by atoms with Crippen molar-refractivity contribution in [3.05, 3.63) is 88.4 Å². The quantitative estimate of drug-likeness (QED) is 0.288. The molecule has 0 spiro atoms. The maximum atomic E-state index is 15.6. The van der Waals surface area contributed by atoms with Gasteiger partial charge in [-0.2, -0.15) is 0 Å². The van der Waals surface area contributed by atoms with Gasteiger partial charge in [-0.1, -0.05) is 13.0 Å². The van der Waals surface area contributed by atoms with Gasteiger partial charge in [0, 0.05) is 42.7 Å². The number of ketones is 1. The van der Waals surface area contributed by atoms with Gasteiger partial charge >= 0.3 is 6.09 Å². The molecule has 3 aromatic rings. The molecule has 1 aliphatic heterocycles. The highest BCUT2D eigenvalue weighted by Crippen LogP contribution is 2.37. The number of halogens is 2. The number of carbonyl (C=O) groups excluding carboxylic acids is 2. The van der Waals surface area contributed by atoms with Crippen molar-refractivity contribution in [3.63, 3.8) is 0 Å². The highest BCUT2D eigenvalue weighted by molar-refractivity contribution is 6.17. The normalized spacial score (nSPS) is 16.5. The Kier molecular flexibility index (Phi) is 8.80. The fraction of sp³-hybridized carbons (Fsp3) is 0.387. The minimum atomic E-state index is -0.669. The lowest BCUT2D eigenvalue weighted by Gasteiger charge is -2.27. The van der Waals surface area contributed by atoms with E-state index >= 15 is 4.39 Å². The van der Waals surface area contributed by atoms with Crippen LogP contribution in [0.5, 0.6) is 0 Å². The molecule has 2 atom stereocenters. The number of benzene rings is 2. The SMILES string of the molecule is CCC(c1ncnc(N)c1C(=NC)c1ccc(C(=O)c2ccc(F)cc2)cc1F)C1CCN(C(=O)OC(C)(C)C)C1. The van der Waals surface area contributed by atoms with E-state index < -0.39 is 23.0 Å². The first-order chi connectivity index (χ1) is 19.4. The van der Waals surface area contributed by atoms with Gasteiger partial charge in [0.05, 0.1) is 17.0 Å². The summed E-state index contributed by atoms with van der Waals surface area (Å²) in [6.45, 7) is 8.57. The topological polar surface area (TPSA) is 111 Å². The molecule has 1 fully saturated rings.